The molecule has 0 N–H and O–H groups in total. The van der Waals surface area contributed by atoms with E-state index in [0.717, 1.165) is 0 Å². The van der Waals surface area contributed by atoms with Crippen molar-refractivity contribution in [2.45, 2.75) is 12.6 Å². The summed E-state index contributed by atoms with van der Waals surface area (Å²) >= 11 is 5.88. The van der Waals surface area contributed by atoms with Gasteiger partial charge in [-0.15, -0.1) is 0 Å². The molecule has 0 aromatic heterocycles. The van der Waals surface area contributed by atoms with E-state index in [1.807, 2.05) is 6.07 Å². The zero-order valence-corrected chi connectivity index (χ0v) is 9.81. The normalized spacial score (nSPS) is 11.1. The van der Waals surface area contributed by atoms with Crippen molar-refractivity contribution in [2.24, 2.45) is 0 Å². The van der Waals surface area contributed by atoms with E-state index in [9.17, 15) is 13.2 Å². The SMILES string of the molecule is CN(CCC(F)(F)F)c1ccc(C#N)cc1Cl. The first kappa shape index (κ1) is 13.7. The van der Waals surface area contributed by atoms with E-state index in [1.54, 1.807) is 0 Å². The Labute approximate surface area is 102 Å². The molecule has 0 heterocycles. The largest absolute Gasteiger partial charge is 0.390 e. The Balaban J connectivity index is 2.76. The van der Waals surface area contributed by atoms with Crippen LogP contribution in [0.4, 0.5) is 18.9 Å². The summed E-state index contributed by atoms with van der Waals surface area (Å²) in [5.41, 5.74) is 0.859. The molecule has 0 aliphatic heterocycles. The van der Waals surface area contributed by atoms with E-state index in [4.69, 9.17) is 16.9 Å². The summed E-state index contributed by atoms with van der Waals surface area (Å²) in [6, 6.07) is 6.40. The lowest BCUT2D eigenvalue weighted by atomic mass is 10.2. The number of alkyl halides is 3. The number of anilines is 1. The predicted molar refractivity (Wildman–Crippen MR) is 60.1 cm³/mol. The smallest absolute Gasteiger partial charge is 0.373 e. The van der Waals surface area contributed by atoms with Gasteiger partial charge in [0, 0.05) is 13.6 Å². The Kier molecular flexibility index (Phi) is 4.24. The third-order valence-corrected chi connectivity index (χ3v) is 2.52. The molecule has 1 rings (SSSR count). The van der Waals surface area contributed by atoms with Crippen LogP contribution in [0.3, 0.4) is 0 Å². The average molecular weight is 263 g/mol. The Bertz CT molecular complexity index is 437. The van der Waals surface area contributed by atoms with Gasteiger partial charge in [-0.25, -0.2) is 0 Å². The molecular weight excluding hydrogens is 253 g/mol. The van der Waals surface area contributed by atoms with Gasteiger partial charge in [-0.2, -0.15) is 18.4 Å². The second-order valence-corrected chi connectivity index (χ2v) is 3.97. The molecule has 1 aromatic carbocycles. The predicted octanol–water partition coefficient (Wildman–Crippen LogP) is 3.60. The van der Waals surface area contributed by atoms with Gasteiger partial charge in [0.15, 0.2) is 0 Å². The minimum absolute atomic E-state index is 0.172. The van der Waals surface area contributed by atoms with Crippen molar-refractivity contribution in [2.75, 3.05) is 18.5 Å². The molecule has 0 unspecified atom stereocenters. The van der Waals surface area contributed by atoms with Crippen LogP contribution in [-0.2, 0) is 0 Å². The molecule has 0 bridgehead atoms. The minimum Gasteiger partial charge on any atom is -0.373 e. The Hall–Kier alpha value is -1.41. The highest BCUT2D eigenvalue weighted by molar-refractivity contribution is 6.33. The van der Waals surface area contributed by atoms with Crippen molar-refractivity contribution in [1.29, 1.82) is 5.26 Å². The van der Waals surface area contributed by atoms with E-state index in [2.05, 4.69) is 0 Å². The minimum atomic E-state index is -4.19. The fourth-order valence-electron chi connectivity index (χ4n) is 1.30. The molecule has 0 aliphatic rings. The maximum Gasteiger partial charge on any atom is 0.390 e. The molecule has 0 fully saturated rings. The van der Waals surface area contributed by atoms with E-state index in [1.165, 1.54) is 30.1 Å². The molecule has 0 atom stereocenters. The Morgan fingerprint density at radius 2 is 2.06 bits per heavy atom. The molecule has 0 spiro atoms. The molecular formula is C11H10ClF3N2. The van der Waals surface area contributed by atoms with Crippen molar-refractivity contribution < 1.29 is 13.2 Å². The summed E-state index contributed by atoms with van der Waals surface area (Å²) in [4.78, 5) is 1.41. The first-order chi connectivity index (χ1) is 7.83. The third kappa shape index (κ3) is 4.16. The first-order valence-electron chi connectivity index (χ1n) is 4.81. The van der Waals surface area contributed by atoms with Crippen molar-refractivity contribution in [1.82, 2.24) is 0 Å². The topological polar surface area (TPSA) is 27.0 Å². The average Bonchev–Trinajstić information content (AvgIpc) is 2.24. The molecule has 17 heavy (non-hydrogen) atoms. The van der Waals surface area contributed by atoms with Crippen LogP contribution in [0, 0.1) is 11.3 Å². The number of hydrogen-bond donors (Lipinski definition) is 0. The molecule has 92 valence electrons. The van der Waals surface area contributed by atoms with E-state index in [-0.39, 0.29) is 11.6 Å². The Morgan fingerprint density at radius 3 is 2.53 bits per heavy atom. The molecule has 1 aromatic rings. The van der Waals surface area contributed by atoms with Crippen LogP contribution in [0.1, 0.15) is 12.0 Å². The van der Waals surface area contributed by atoms with Crippen molar-refractivity contribution in [3.05, 3.63) is 28.8 Å². The molecule has 0 aliphatic carbocycles. The second kappa shape index (κ2) is 5.28. The second-order valence-electron chi connectivity index (χ2n) is 3.56. The lowest BCUT2D eigenvalue weighted by Gasteiger charge is -2.21. The highest BCUT2D eigenvalue weighted by atomic mass is 35.5. The van der Waals surface area contributed by atoms with Crippen molar-refractivity contribution in [3.63, 3.8) is 0 Å². The van der Waals surface area contributed by atoms with Gasteiger partial charge in [0.2, 0.25) is 0 Å². The molecule has 0 saturated heterocycles. The molecule has 0 radical (unpaired) electrons. The van der Waals surface area contributed by atoms with E-state index >= 15 is 0 Å². The van der Waals surface area contributed by atoms with Crippen LogP contribution in [0.25, 0.3) is 0 Å². The summed E-state index contributed by atoms with van der Waals surface area (Å²) < 4.78 is 36.1. The lowest BCUT2D eigenvalue weighted by Crippen LogP contribution is -2.24. The van der Waals surface area contributed by atoms with Gasteiger partial charge in [0.05, 0.1) is 28.8 Å². The highest BCUT2D eigenvalue weighted by Crippen LogP contribution is 2.27. The van der Waals surface area contributed by atoms with Crippen LogP contribution >= 0.6 is 11.6 Å². The standard InChI is InChI=1S/C11H10ClF3N2/c1-17(5-4-11(13,14)15)10-3-2-8(7-16)6-9(10)12/h2-3,6H,4-5H2,1H3. The summed E-state index contributed by atoms with van der Waals surface area (Å²) in [5.74, 6) is 0. The molecule has 2 nitrogen and oxygen atoms in total. The Morgan fingerprint density at radius 1 is 1.41 bits per heavy atom. The van der Waals surface area contributed by atoms with Crippen LogP contribution in [-0.4, -0.2) is 19.8 Å². The number of nitriles is 1. The van der Waals surface area contributed by atoms with Gasteiger partial charge >= 0.3 is 6.18 Å². The lowest BCUT2D eigenvalue weighted by molar-refractivity contribution is -0.132. The van der Waals surface area contributed by atoms with Gasteiger partial charge in [0.1, 0.15) is 0 Å². The summed E-state index contributed by atoms with van der Waals surface area (Å²) in [6.45, 7) is -0.172. The fraction of sp³-hybridized carbons (Fsp3) is 0.364. The summed E-state index contributed by atoms with van der Waals surface area (Å²) in [7, 11) is 1.53. The number of benzene rings is 1. The molecule has 0 saturated carbocycles. The number of hydrogen-bond acceptors (Lipinski definition) is 2. The fourth-order valence-corrected chi connectivity index (χ4v) is 1.63. The number of nitrogens with zero attached hydrogens (tertiary/aromatic N) is 2. The van der Waals surface area contributed by atoms with Gasteiger partial charge in [-0.3, -0.25) is 0 Å². The van der Waals surface area contributed by atoms with Crippen LogP contribution < -0.4 is 4.90 Å². The monoisotopic (exact) mass is 262 g/mol. The molecule has 6 heteroatoms. The summed E-state index contributed by atoms with van der Waals surface area (Å²) in [5, 5.41) is 8.90. The van der Waals surface area contributed by atoms with E-state index in [0.29, 0.717) is 11.3 Å². The maximum atomic E-state index is 12.0. The van der Waals surface area contributed by atoms with Gasteiger partial charge in [0.25, 0.3) is 0 Å². The zero-order valence-electron chi connectivity index (χ0n) is 9.05. The van der Waals surface area contributed by atoms with Crippen LogP contribution in [0.15, 0.2) is 18.2 Å². The third-order valence-electron chi connectivity index (χ3n) is 2.22. The van der Waals surface area contributed by atoms with Crippen molar-refractivity contribution >= 4 is 17.3 Å². The highest BCUT2D eigenvalue weighted by Gasteiger charge is 2.27. The number of rotatable bonds is 3. The van der Waals surface area contributed by atoms with Crippen molar-refractivity contribution in [3.8, 4) is 6.07 Å². The van der Waals surface area contributed by atoms with Gasteiger partial charge in [-0.1, -0.05) is 11.6 Å². The zero-order chi connectivity index (χ0) is 13.1. The summed E-state index contributed by atoms with van der Waals surface area (Å²) in [6.07, 6.45) is -5.09. The maximum absolute atomic E-state index is 12.0. The van der Waals surface area contributed by atoms with Gasteiger partial charge < -0.3 is 4.90 Å². The number of halogens is 4. The molecule has 0 amide bonds. The van der Waals surface area contributed by atoms with E-state index < -0.39 is 12.6 Å². The van der Waals surface area contributed by atoms with Crippen LogP contribution in [0.5, 0.6) is 0 Å². The van der Waals surface area contributed by atoms with Crippen LogP contribution in [0.2, 0.25) is 5.02 Å². The first-order valence-corrected chi connectivity index (χ1v) is 5.19. The quantitative estimate of drug-likeness (QED) is 0.832. The van der Waals surface area contributed by atoms with Gasteiger partial charge in [-0.05, 0) is 18.2 Å².